The van der Waals surface area contributed by atoms with Gasteiger partial charge < -0.3 is 34.1 Å². The molecule has 6 rings (SSSR count). The first kappa shape index (κ1) is 32.3. The minimum absolute atomic E-state index is 0.0305. The number of nitrogens with one attached hydrogen (secondary N) is 1. The lowest BCUT2D eigenvalue weighted by Crippen LogP contribution is -2.59. The van der Waals surface area contributed by atoms with E-state index in [4.69, 9.17) is 9.72 Å². The number of pyridine rings is 1. The van der Waals surface area contributed by atoms with Gasteiger partial charge >= 0.3 is 0 Å². The summed E-state index contributed by atoms with van der Waals surface area (Å²) in [6, 6.07) is 5.68. The van der Waals surface area contributed by atoms with E-state index in [2.05, 4.69) is 36.5 Å². The van der Waals surface area contributed by atoms with E-state index < -0.39 is 0 Å². The first-order valence-corrected chi connectivity index (χ1v) is 15.5. The van der Waals surface area contributed by atoms with Gasteiger partial charge in [0.05, 0.1) is 17.8 Å². The van der Waals surface area contributed by atoms with Gasteiger partial charge in [-0.25, -0.2) is 9.97 Å². The molecule has 3 aromatic rings. The van der Waals surface area contributed by atoms with Crippen LogP contribution in [-0.4, -0.2) is 118 Å². The zero-order chi connectivity index (χ0) is 32.3. The highest BCUT2D eigenvalue weighted by Crippen LogP contribution is 2.35. The second kappa shape index (κ2) is 13.5. The summed E-state index contributed by atoms with van der Waals surface area (Å²) in [5.41, 5.74) is 1.61. The van der Waals surface area contributed by atoms with E-state index >= 15 is 0 Å². The van der Waals surface area contributed by atoms with Crippen molar-refractivity contribution in [2.45, 2.75) is 70.3 Å². The van der Waals surface area contributed by atoms with Gasteiger partial charge in [0.15, 0.2) is 0 Å². The molecule has 1 aliphatic carbocycles. The molecule has 2 bridgehead atoms. The normalized spacial score (nSPS) is 20.4. The molecule has 2 amide bonds. The van der Waals surface area contributed by atoms with E-state index in [1.165, 1.54) is 0 Å². The molecule has 3 fully saturated rings. The Morgan fingerprint density at radius 3 is 2.29 bits per heavy atom. The second-order valence-corrected chi connectivity index (χ2v) is 13.2. The van der Waals surface area contributed by atoms with Crippen molar-refractivity contribution in [1.29, 1.82) is 0 Å². The van der Waals surface area contributed by atoms with Crippen LogP contribution in [0.15, 0.2) is 30.6 Å². The molecule has 13 heteroatoms. The summed E-state index contributed by atoms with van der Waals surface area (Å²) in [6.07, 6.45) is 7.79. The highest BCUT2D eigenvalue weighted by Gasteiger charge is 2.36. The third-order valence-electron chi connectivity index (χ3n) is 8.09. The molecule has 45 heavy (non-hydrogen) atoms. The first-order valence-electron chi connectivity index (χ1n) is 15.5. The summed E-state index contributed by atoms with van der Waals surface area (Å²) in [5, 5.41) is 4.00. The minimum atomic E-state index is -0.318. The Hall–Kier alpha value is -4.10. The summed E-state index contributed by atoms with van der Waals surface area (Å²) in [4.78, 5) is 55.1. The number of likely N-dealkylation sites (N-methyl/N-ethyl adjacent to an activating group) is 1. The number of nitrogens with zero attached hydrogens (tertiary/aromatic N) is 7. The quantitative estimate of drug-likeness (QED) is 0.408. The number of hydrogen-bond acceptors (Lipinski definition) is 10. The molecule has 2 unspecified atom stereocenters. The summed E-state index contributed by atoms with van der Waals surface area (Å²) in [5.74, 6) is 0.875. The number of amides is 2. The fourth-order valence-electron chi connectivity index (χ4n) is 6.09. The van der Waals surface area contributed by atoms with Crippen LogP contribution in [0, 0.1) is 0 Å². The molecule has 0 radical (unpaired) electrons. The van der Waals surface area contributed by atoms with E-state index in [-0.39, 0.29) is 35.7 Å². The molecule has 2 atom stereocenters. The molecular weight excluding hydrogens is 576 g/mol. The molecule has 2 saturated heterocycles. The van der Waals surface area contributed by atoms with Gasteiger partial charge in [-0.15, -0.1) is 0 Å². The Morgan fingerprint density at radius 1 is 1.04 bits per heavy atom. The number of ether oxygens (including phenoxy) is 2. The van der Waals surface area contributed by atoms with E-state index in [9.17, 15) is 14.4 Å². The molecule has 5 heterocycles. The fourth-order valence-corrected chi connectivity index (χ4v) is 6.09. The van der Waals surface area contributed by atoms with E-state index in [1.807, 2.05) is 31.7 Å². The molecule has 2 aliphatic heterocycles. The van der Waals surface area contributed by atoms with Crippen molar-refractivity contribution < 1.29 is 23.9 Å². The summed E-state index contributed by atoms with van der Waals surface area (Å²) in [6.45, 7) is 8.77. The van der Waals surface area contributed by atoms with Crippen molar-refractivity contribution in [2.75, 3.05) is 52.6 Å². The number of fused-ring (bicyclic) bond motifs is 3. The topological polar surface area (TPSA) is 135 Å². The molecule has 1 saturated carbocycles. The Balaban J connectivity index is 0.000000515. The SMILES string of the molecule is CC(C)(C)OC=O.CN1CC2CN(C(=O)c3ccc(Nc4ncc5cc(C(=O)N(C)C)n(C6CCCC6)c5n4)nc3)CC(C1)O2. The van der Waals surface area contributed by atoms with Gasteiger partial charge in [-0.1, -0.05) is 12.8 Å². The van der Waals surface area contributed by atoms with Gasteiger partial charge in [0, 0.05) is 64.1 Å². The van der Waals surface area contributed by atoms with Crippen LogP contribution < -0.4 is 5.32 Å². The van der Waals surface area contributed by atoms with Crippen molar-refractivity contribution in [3.05, 3.63) is 41.9 Å². The number of anilines is 2. The number of rotatable bonds is 6. The molecule has 0 spiro atoms. The molecule has 13 nitrogen and oxygen atoms in total. The average Bonchev–Trinajstić information content (AvgIpc) is 3.63. The van der Waals surface area contributed by atoms with Gasteiger partial charge in [-0.05, 0) is 58.9 Å². The Bertz CT molecular complexity index is 1490. The summed E-state index contributed by atoms with van der Waals surface area (Å²) < 4.78 is 12.6. The maximum absolute atomic E-state index is 13.1. The number of morpholine rings is 2. The number of carbonyl (C=O) groups excluding carboxylic acids is 3. The van der Waals surface area contributed by atoms with Crippen LogP contribution >= 0.6 is 0 Å². The monoisotopic (exact) mass is 620 g/mol. The van der Waals surface area contributed by atoms with Crippen molar-refractivity contribution in [1.82, 2.24) is 34.2 Å². The highest BCUT2D eigenvalue weighted by atomic mass is 16.5. The molecule has 1 N–H and O–H groups in total. The second-order valence-electron chi connectivity index (χ2n) is 13.2. The van der Waals surface area contributed by atoms with Crippen LogP contribution in [-0.2, 0) is 14.3 Å². The predicted octanol–water partition coefficient (Wildman–Crippen LogP) is 3.50. The van der Waals surface area contributed by atoms with Crippen LogP contribution in [0.2, 0.25) is 0 Å². The molecule has 242 valence electrons. The van der Waals surface area contributed by atoms with Gasteiger partial charge in [0.2, 0.25) is 5.95 Å². The Morgan fingerprint density at radius 2 is 1.73 bits per heavy atom. The lowest BCUT2D eigenvalue weighted by molar-refractivity contribution is -0.138. The highest BCUT2D eigenvalue weighted by molar-refractivity contribution is 5.98. The Kier molecular flexibility index (Phi) is 9.68. The molecule has 3 aromatic heterocycles. The van der Waals surface area contributed by atoms with Crippen LogP contribution in [0.4, 0.5) is 11.8 Å². The third-order valence-corrected chi connectivity index (χ3v) is 8.09. The van der Waals surface area contributed by atoms with E-state index in [0.717, 1.165) is 49.8 Å². The maximum atomic E-state index is 13.1. The standard InChI is InChI=1S/C27H34N8O3.C5H10O2/c1-32(2)26(37)22-10-18-12-29-27(31-24(18)35(22)19-6-4-5-7-19)30-23-9-8-17(11-28-23)25(36)34-15-20-13-33(3)14-21(16-34)38-20;1-5(2,3)7-4-6/h8-12,19-21H,4-7,13-16H2,1-3H3,(H,28,29,30,31);4H,1-3H3. The minimum Gasteiger partial charge on any atom is -0.462 e. The number of carbonyl (C=O) groups is 3. The Labute approximate surface area is 263 Å². The van der Waals surface area contributed by atoms with Gasteiger partial charge in [0.1, 0.15) is 22.8 Å². The van der Waals surface area contributed by atoms with Crippen LogP contribution in [0.25, 0.3) is 11.0 Å². The number of hydrogen-bond donors (Lipinski definition) is 1. The third kappa shape index (κ3) is 7.77. The summed E-state index contributed by atoms with van der Waals surface area (Å²) >= 11 is 0. The van der Waals surface area contributed by atoms with Gasteiger partial charge in [-0.2, -0.15) is 4.98 Å². The lowest BCUT2D eigenvalue weighted by Gasteiger charge is -2.44. The zero-order valence-corrected chi connectivity index (χ0v) is 27.0. The smallest absolute Gasteiger partial charge is 0.293 e. The molecule has 3 aliphatic rings. The van der Waals surface area contributed by atoms with Crippen molar-refractivity contribution >= 4 is 41.1 Å². The van der Waals surface area contributed by atoms with E-state index in [1.54, 1.807) is 43.5 Å². The van der Waals surface area contributed by atoms with Gasteiger partial charge in [-0.3, -0.25) is 14.4 Å². The number of aromatic nitrogens is 4. The summed E-state index contributed by atoms with van der Waals surface area (Å²) in [7, 11) is 5.62. The van der Waals surface area contributed by atoms with Gasteiger partial charge in [0.25, 0.3) is 18.3 Å². The lowest BCUT2D eigenvalue weighted by atomic mass is 10.1. The first-order chi connectivity index (χ1) is 21.4. The predicted molar refractivity (Wildman–Crippen MR) is 170 cm³/mol. The van der Waals surface area contributed by atoms with E-state index in [0.29, 0.717) is 42.6 Å². The van der Waals surface area contributed by atoms with Crippen molar-refractivity contribution in [3.8, 4) is 0 Å². The average molecular weight is 621 g/mol. The zero-order valence-electron chi connectivity index (χ0n) is 27.0. The van der Waals surface area contributed by atoms with Crippen molar-refractivity contribution in [2.24, 2.45) is 0 Å². The molecule has 0 aromatic carbocycles. The van der Waals surface area contributed by atoms with Crippen molar-refractivity contribution in [3.63, 3.8) is 0 Å². The van der Waals surface area contributed by atoms with Crippen LogP contribution in [0.1, 0.15) is 73.3 Å². The fraction of sp³-hybridized carbons (Fsp3) is 0.562. The molecular formula is C32H44N8O5. The largest absolute Gasteiger partial charge is 0.462 e. The van der Waals surface area contributed by atoms with Crippen LogP contribution in [0.3, 0.4) is 0 Å². The van der Waals surface area contributed by atoms with Crippen LogP contribution in [0.5, 0.6) is 0 Å². The maximum Gasteiger partial charge on any atom is 0.293 e.